The monoisotopic (exact) mass is 334 g/mol. The summed E-state index contributed by atoms with van der Waals surface area (Å²) in [5, 5.41) is 1.39. The zero-order valence-electron chi connectivity index (χ0n) is 13.7. The summed E-state index contributed by atoms with van der Waals surface area (Å²) in [5.74, 6) is -0.0719. The first-order valence-corrected chi connectivity index (χ1v) is 9.29. The molecule has 0 aliphatic heterocycles. The van der Waals surface area contributed by atoms with Crippen LogP contribution in [0.3, 0.4) is 0 Å². The third-order valence-corrected chi connectivity index (χ3v) is 5.86. The smallest absolute Gasteiger partial charge is 0.194 e. The maximum atomic E-state index is 13.0. The molecule has 0 saturated heterocycles. The number of carbonyl (C=O) groups excluding carboxylic acids is 1. The van der Waals surface area contributed by atoms with Gasteiger partial charge >= 0.3 is 0 Å². The highest BCUT2D eigenvalue weighted by atomic mass is 31.1. The van der Waals surface area contributed by atoms with Gasteiger partial charge in [0, 0.05) is 21.7 Å². The second kappa shape index (κ2) is 6.98. The predicted octanol–water partition coefficient (Wildman–Crippen LogP) is 4.04. The zero-order chi connectivity index (χ0) is 17.1. The number of aryl methyl sites for hydroxylation is 2. The number of ketones is 1. The molecule has 3 aromatic rings. The van der Waals surface area contributed by atoms with Crippen LogP contribution in [0.1, 0.15) is 27.0 Å². The van der Waals surface area contributed by atoms with Crippen molar-refractivity contribution < 1.29 is 9.36 Å². The Morgan fingerprint density at radius 2 is 1.46 bits per heavy atom. The lowest BCUT2D eigenvalue weighted by atomic mass is 9.97. The fourth-order valence-electron chi connectivity index (χ4n) is 2.84. The van der Waals surface area contributed by atoms with E-state index < -0.39 is 7.80 Å². The molecule has 3 heteroatoms. The molecule has 0 aliphatic rings. The van der Waals surface area contributed by atoms with Crippen LogP contribution in [0.5, 0.6) is 0 Å². The number of hydrogen-bond acceptors (Lipinski definition) is 2. The fourth-order valence-corrected chi connectivity index (χ4v) is 4.33. The van der Waals surface area contributed by atoms with Crippen molar-refractivity contribution in [3.05, 3.63) is 95.1 Å². The average molecular weight is 334 g/mol. The van der Waals surface area contributed by atoms with Gasteiger partial charge in [0.15, 0.2) is 5.78 Å². The molecule has 120 valence electrons. The van der Waals surface area contributed by atoms with E-state index in [9.17, 15) is 9.36 Å². The van der Waals surface area contributed by atoms with Gasteiger partial charge in [0.05, 0.1) is 0 Å². The summed E-state index contributed by atoms with van der Waals surface area (Å²) >= 11 is 0. The van der Waals surface area contributed by atoms with Crippen molar-refractivity contribution in [2.24, 2.45) is 0 Å². The Bertz CT molecular complexity index is 914. The van der Waals surface area contributed by atoms with Crippen molar-refractivity contribution in [2.45, 2.75) is 13.8 Å². The first kappa shape index (κ1) is 16.4. The van der Waals surface area contributed by atoms with Crippen molar-refractivity contribution in [2.75, 3.05) is 0 Å². The molecule has 0 N–H and O–H groups in total. The van der Waals surface area contributed by atoms with E-state index in [4.69, 9.17) is 0 Å². The van der Waals surface area contributed by atoms with E-state index in [1.807, 2.05) is 74.5 Å². The molecule has 3 aromatic carbocycles. The van der Waals surface area contributed by atoms with E-state index in [0.29, 0.717) is 16.4 Å². The van der Waals surface area contributed by atoms with E-state index in [1.54, 1.807) is 12.1 Å². The summed E-state index contributed by atoms with van der Waals surface area (Å²) in [5.41, 5.74) is 3.25. The highest BCUT2D eigenvalue weighted by Gasteiger charge is 2.19. The maximum absolute atomic E-state index is 13.0. The molecule has 0 radical (unpaired) electrons. The Hall–Kier alpha value is -2.44. The Balaban J connectivity index is 2.06. The van der Waals surface area contributed by atoms with E-state index >= 15 is 0 Å². The standard InChI is InChI=1S/C21H19O2P/c1-15-12-13-18(16(2)14-15)21(22)19-10-6-7-11-20(19)24(23)17-8-4-3-5-9-17/h3-14,24H,1-2H3. The van der Waals surface area contributed by atoms with E-state index in [0.717, 1.165) is 16.4 Å². The van der Waals surface area contributed by atoms with E-state index in [1.165, 1.54) is 0 Å². The molecule has 0 amide bonds. The maximum Gasteiger partial charge on any atom is 0.194 e. The second-order valence-electron chi connectivity index (χ2n) is 5.89. The first-order valence-electron chi connectivity index (χ1n) is 7.88. The van der Waals surface area contributed by atoms with Crippen molar-refractivity contribution in [1.29, 1.82) is 0 Å². The lowest BCUT2D eigenvalue weighted by molar-refractivity contribution is 0.103. The highest BCUT2D eigenvalue weighted by molar-refractivity contribution is 7.61. The van der Waals surface area contributed by atoms with Crippen LogP contribution in [0.15, 0.2) is 72.8 Å². The molecule has 24 heavy (non-hydrogen) atoms. The van der Waals surface area contributed by atoms with Crippen LogP contribution in [0.25, 0.3) is 0 Å². The topological polar surface area (TPSA) is 34.1 Å². The Labute approximate surface area is 143 Å². The summed E-state index contributed by atoms with van der Waals surface area (Å²) in [4.78, 5) is 13.0. The summed E-state index contributed by atoms with van der Waals surface area (Å²) < 4.78 is 13.0. The van der Waals surface area contributed by atoms with Gasteiger partial charge in [-0.1, -0.05) is 78.4 Å². The van der Waals surface area contributed by atoms with Crippen molar-refractivity contribution in [3.63, 3.8) is 0 Å². The minimum Gasteiger partial charge on any atom is -0.317 e. The lowest BCUT2D eigenvalue weighted by Gasteiger charge is -2.11. The third kappa shape index (κ3) is 3.25. The predicted molar refractivity (Wildman–Crippen MR) is 101 cm³/mol. The summed E-state index contributed by atoms with van der Waals surface area (Å²) in [6.45, 7) is 3.94. The molecular formula is C21H19O2P. The minimum atomic E-state index is -2.22. The Kier molecular flexibility index (Phi) is 4.78. The van der Waals surface area contributed by atoms with Gasteiger partial charge in [-0.3, -0.25) is 4.79 Å². The largest absolute Gasteiger partial charge is 0.317 e. The number of benzene rings is 3. The summed E-state index contributed by atoms with van der Waals surface area (Å²) in [6.07, 6.45) is 0. The van der Waals surface area contributed by atoms with Gasteiger partial charge in [-0.15, -0.1) is 0 Å². The van der Waals surface area contributed by atoms with E-state index in [2.05, 4.69) is 0 Å². The quantitative estimate of drug-likeness (QED) is 0.533. The van der Waals surface area contributed by atoms with Crippen molar-refractivity contribution >= 4 is 24.2 Å². The van der Waals surface area contributed by atoms with Gasteiger partial charge in [-0.2, -0.15) is 0 Å². The normalized spacial score (nSPS) is 11.9. The molecule has 0 saturated carbocycles. The number of hydrogen-bond donors (Lipinski definition) is 0. The van der Waals surface area contributed by atoms with Crippen LogP contribution < -0.4 is 10.6 Å². The van der Waals surface area contributed by atoms with Crippen LogP contribution in [-0.2, 0) is 4.57 Å². The van der Waals surface area contributed by atoms with Crippen LogP contribution in [0.4, 0.5) is 0 Å². The highest BCUT2D eigenvalue weighted by Crippen LogP contribution is 2.24. The molecule has 0 spiro atoms. The van der Waals surface area contributed by atoms with Crippen molar-refractivity contribution in [3.8, 4) is 0 Å². The van der Waals surface area contributed by atoms with Crippen LogP contribution >= 0.6 is 7.80 Å². The molecule has 1 atom stereocenters. The first-order chi connectivity index (χ1) is 11.6. The van der Waals surface area contributed by atoms with Gasteiger partial charge in [0.1, 0.15) is 7.80 Å². The van der Waals surface area contributed by atoms with Crippen LogP contribution in [0, 0.1) is 13.8 Å². The van der Waals surface area contributed by atoms with Crippen molar-refractivity contribution in [1.82, 2.24) is 0 Å². The lowest BCUT2D eigenvalue weighted by Crippen LogP contribution is -2.17. The zero-order valence-corrected chi connectivity index (χ0v) is 14.7. The molecular weight excluding hydrogens is 315 g/mol. The minimum absolute atomic E-state index is 0.0719. The molecule has 0 heterocycles. The second-order valence-corrected chi connectivity index (χ2v) is 7.66. The fraction of sp³-hybridized carbons (Fsp3) is 0.0952. The Morgan fingerprint density at radius 3 is 2.17 bits per heavy atom. The van der Waals surface area contributed by atoms with E-state index in [-0.39, 0.29) is 5.78 Å². The Morgan fingerprint density at radius 1 is 0.792 bits per heavy atom. The molecule has 0 fully saturated rings. The molecule has 0 aromatic heterocycles. The SMILES string of the molecule is Cc1ccc(C(=O)c2ccccc2[PH](=O)c2ccccc2)c(C)c1. The molecule has 0 bridgehead atoms. The van der Waals surface area contributed by atoms with Crippen LogP contribution in [-0.4, -0.2) is 5.78 Å². The summed E-state index contributed by atoms with van der Waals surface area (Å²) in [6, 6.07) is 22.3. The number of rotatable bonds is 4. The summed E-state index contributed by atoms with van der Waals surface area (Å²) in [7, 11) is -2.22. The van der Waals surface area contributed by atoms with Gasteiger partial charge < -0.3 is 4.57 Å². The third-order valence-electron chi connectivity index (χ3n) is 4.08. The number of carbonyl (C=O) groups is 1. The van der Waals surface area contributed by atoms with Gasteiger partial charge in [0.2, 0.25) is 0 Å². The molecule has 3 rings (SSSR count). The van der Waals surface area contributed by atoms with Gasteiger partial charge in [-0.05, 0) is 19.4 Å². The molecule has 2 nitrogen and oxygen atoms in total. The molecule has 0 aliphatic carbocycles. The van der Waals surface area contributed by atoms with Crippen LogP contribution in [0.2, 0.25) is 0 Å². The molecule has 1 unspecified atom stereocenters. The van der Waals surface area contributed by atoms with Gasteiger partial charge in [-0.25, -0.2) is 0 Å². The average Bonchev–Trinajstić information content (AvgIpc) is 2.61. The van der Waals surface area contributed by atoms with Gasteiger partial charge in [0.25, 0.3) is 0 Å².